The Bertz CT molecular complexity index is 2610. The van der Waals surface area contributed by atoms with Crippen LogP contribution in [0.15, 0.2) is 30.3 Å². The zero-order valence-corrected chi connectivity index (χ0v) is 51.5. The molecule has 3 rings (SSSR count). The average molecular weight is 1230 g/mol. The van der Waals surface area contributed by atoms with Gasteiger partial charge in [-0.25, -0.2) is 4.79 Å². The van der Waals surface area contributed by atoms with Crippen molar-refractivity contribution >= 4 is 76.9 Å². The fraction of sp³-hybridized carbons (Fsp3) is 0.672. The van der Waals surface area contributed by atoms with Crippen LogP contribution in [0.4, 0.5) is 0 Å². The lowest BCUT2D eigenvalue weighted by Gasteiger charge is -2.31. The Morgan fingerprint density at radius 1 is 0.644 bits per heavy atom. The van der Waals surface area contributed by atoms with Gasteiger partial charge in [0.15, 0.2) is 0 Å². The Labute approximate surface area is 506 Å². The molecule has 11 amide bonds. The number of carboxylic acid groups (broad SMARTS) is 1. The predicted molar refractivity (Wildman–Crippen MR) is 313 cm³/mol. The summed E-state index contributed by atoms with van der Waals surface area (Å²) in [6.07, 6.45) is -1.46. The van der Waals surface area contributed by atoms with E-state index in [2.05, 4.69) is 58.5 Å². The first-order valence-corrected chi connectivity index (χ1v) is 29.7. The summed E-state index contributed by atoms with van der Waals surface area (Å²) >= 11 is 0. The summed E-state index contributed by atoms with van der Waals surface area (Å²) in [7, 11) is 1.59. The SMILES string of the molecule is CC[C@H](C)[C@H](NC(=O)[C@@H](Cc1ccccc1)NC)C(=O)N[C@@H](CO)C(=O)N[C@H](CCC(N)=O)C(=O)N[C@@H](C(=O)N[C@H](C(=O)N[C@@H](CO)C(=O)N[C@H]1C(=O)N[C@@H](C)C(=O)NC2(CC2CC(=O)O)C(=O)N[C@@H]([C@@H](C)CC)C(=O)O[C@H]1C)[C@@H](C)CC)[C@@H](C)CC. The number of esters is 1. The third kappa shape index (κ3) is 21.0. The van der Waals surface area contributed by atoms with E-state index in [1.54, 1.807) is 62.4 Å². The topological polar surface area (TPSA) is 450 Å². The molecule has 2 unspecified atom stereocenters. The number of rotatable bonds is 32. The minimum atomic E-state index is -1.85. The second-order valence-corrected chi connectivity index (χ2v) is 22.9. The first kappa shape index (κ1) is 73.5. The van der Waals surface area contributed by atoms with Crippen LogP contribution in [0.25, 0.3) is 0 Å². The fourth-order valence-electron chi connectivity index (χ4n) is 9.66. The molecule has 0 radical (unpaired) electrons. The first-order valence-electron chi connectivity index (χ1n) is 29.7. The van der Waals surface area contributed by atoms with E-state index in [0.717, 1.165) is 5.56 Å². The number of benzene rings is 1. The van der Waals surface area contributed by atoms with Gasteiger partial charge in [-0.3, -0.25) is 57.5 Å². The van der Waals surface area contributed by atoms with Crippen molar-refractivity contribution in [3.05, 3.63) is 35.9 Å². The number of primary amides is 1. The van der Waals surface area contributed by atoms with Crippen molar-refractivity contribution in [2.45, 2.75) is 199 Å². The van der Waals surface area contributed by atoms with Gasteiger partial charge < -0.3 is 84.3 Å². The summed E-state index contributed by atoms with van der Waals surface area (Å²) in [5.74, 6) is -15.8. The molecule has 2 aliphatic rings. The van der Waals surface area contributed by atoms with Crippen molar-refractivity contribution < 1.29 is 82.4 Å². The largest absolute Gasteiger partial charge is 0.481 e. The van der Waals surface area contributed by atoms with Crippen LogP contribution in [0.2, 0.25) is 0 Å². The standard InChI is InChI=1S/C58H92N12O17/c1-12-28(5)42(66-49(78)37(60-11)23-34-19-17-16-18-20-34)52(81)63-38(26-71)50(79)62-36(21-22-40(59)73)48(77)65-44(30(7)14-3)54(83)67-43(29(6)13-2)53(82)64-39(27-72)51(80)68-46-33(10)87-56(85)45(31(8)15-4)69-57(86)58(25-35(58)24-41(74)75)70-47(76)32(9)61-55(46)84/h16-20,28-33,35-39,42-46,60,71-72H,12-15,21-27H2,1-11H3,(H2,59,73)(H,61,84)(H,62,79)(H,63,81)(H,64,82)(H,65,77)(H,66,78)(H,67,83)(H,68,80)(H,69,86)(H,70,76)(H,74,75)/t28-,29-,30-,31-,32-,33-,35?,36+,37+,38-,39-,42-,43-,44+,45-,46+,58?/m0/s1. The lowest BCUT2D eigenvalue weighted by molar-refractivity contribution is -0.157. The van der Waals surface area contributed by atoms with Gasteiger partial charge in [0.25, 0.3) is 0 Å². The van der Waals surface area contributed by atoms with Crippen molar-refractivity contribution in [1.29, 1.82) is 0 Å². The van der Waals surface area contributed by atoms with Crippen LogP contribution in [-0.4, -0.2) is 185 Å². The van der Waals surface area contributed by atoms with Gasteiger partial charge in [0.1, 0.15) is 66.0 Å². The number of carbonyl (C=O) groups excluding carboxylic acids is 12. The predicted octanol–water partition coefficient (Wildman–Crippen LogP) is -3.07. The quantitative estimate of drug-likeness (QED) is 0.0318. The third-order valence-corrected chi connectivity index (χ3v) is 16.4. The highest BCUT2D eigenvalue weighted by atomic mass is 16.5. The number of ether oxygens (including phenoxy) is 1. The number of likely N-dealkylation sites (N-methyl/N-ethyl adjacent to an activating group) is 1. The minimum Gasteiger partial charge on any atom is -0.481 e. The van der Waals surface area contributed by atoms with E-state index in [-0.39, 0.29) is 19.3 Å². The second-order valence-electron chi connectivity index (χ2n) is 22.9. The smallest absolute Gasteiger partial charge is 0.329 e. The second kappa shape index (κ2) is 34.5. The Morgan fingerprint density at radius 2 is 1.11 bits per heavy atom. The lowest BCUT2D eigenvalue weighted by Crippen LogP contribution is -2.63. The van der Waals surface area contributed by atoms with Gasteiger partial charge in [-0.1, -0.05) is 111 Å². The van der Waals surface area contributed by atoms with E-state index in [1.165, 1.54) is 13.8 Å². The highest BCUT2D eigenvalue weighted by molar-refractivity contribution is 6.01. The number of aliphatic hydroxyl groups is 2. The van der Waals surface area contributed by atoms with Gasteiger partial charge in [-0.2, -0.15) is 0 Å². The van der Waals surface area contributed by atoms with Crippen molar-refractivity contribution in [1.82, 2.24) is 58.5 Å². The highest BCUT2D eigenvalue weighted by Gasteiger charge is 2.62. The molecule has 87 heavy (non-hydrogen) atoms. The molecule has 1 saturated carbocycles. The van der Waals surface area contributed by atoms with E-state index in [9.17, 15) is 77.6 Å². The Morgan fingerprint density at radius 3 is 1.59 bits per heavy atom. The summed E-state index contributed by atoms with van der Waals surface area (Å²) in [5, 5.41) is 58.5. The van der Waals surface area contributed by atoms with Gasteiger partial charge >= 0.3 is 11.9 Å². The number of aliphatic hydroxyl groups excluding tert-OH is 2. The summed E-state index contributed by atoms with van der Waals surface area (Å²) in [4.78, 5) is 177. The van der Waals surface area contributed by atoms with Crippen LogP contribution in [0, 0.1) is 29.6 Å². The molecular formula is C58H92N12O17. The van der Waals surface area contributed by atoms with Crippen molar-refractivity contribution in [3.63, 3.8) is 0 Å². The molecule has 16 N–H and O–H groups in total. The molecular weight excluding hydrogens is 1140 g/mol. The Balaban J connectivity index is 1.85. The van der Waals surface area contributed by atoms with Gasteiger partial charge in [0, 0.05) is 12.3 Å². The molecule has 29 nitrogen and oxygen atoms in total. The van der Waals surface area contributed by atoms with Crippen LogP contribution in [0.3, 0.4) is 0 Å². The monoisotopic (exact) mass is 1230 g/mol. The summed E-state index contributed by atoms with van der Waals surface area (Å²) in [5.41, 5.74) is 4.56. The van der Waals surface area contributed by atoms with E-state index >= 15 is 0 Å². The molecule has 1 heterocycles. The Hall–Kier alpha value is -7.79. The lowest BCUT2D eigenvalue weighted by atomic mass is 9.94. The van der Waals surface area contributed by atoms with Crippen molar-refractivity contribution in [3.8, 4) is 0 Å². The molecule has 1 aromatic carbocycles. The zero-order chi connectivity index (χ0) is 65.6. The molecule has 1 aromatic rings. The highest BCUT2D eigenvalue weighted by Crippen LogP contribution is 2.46. The summed E-state index contributed by atoms with van der Waals surface area (Å²) in [6, 6.07) is -5.45. The molecule has 0 aromatic heterocycles. The maximum absolute atomic E-state index is 14.4. The number of hydrogen-bond donors (Lipinski definition) is 15. The minimum absolute atomic E-state index is 0.0847. The number of cyclic esters (lactones) is 1. The molecule has 17 atom stereocenters. The van der Waals surface area contributed by atoms with Crippen LogP contribution in [0.5, 0.6) is 0 Å². The normalized spacial score (nSPS) is 23.4. The molecule has 1 aliphatic heterocycles. The summed E-state index contributed by atoms with van der Waals surface area (Å²) in [6.45, 7) is 13.8. The van der Waals surface area contributed by atoms with E-state index in [0.29, 0.717) is 19.3 Å². The fourth-order valence-corrected chi connectivity index (χ4v) is 9.66. The van der Waals surface area contributed by atoms with Crippen molar-refractivity contribution in [2.24, 2.45) is 35.3 Å². The Kier molecular flexibility index (Phi) is 29.2. The number of amides is 11. The molecule has 0 bridgehead atoms. The van der Waals surface area contributed by atoms with Gasteiger partial charge in [-0.15, -0.1) is 0 Å². The number of hydrogen-bond acceptors (Lipinski definition) is 17. The van der Waals surface area contributed by atoms with Gasteiger partial charge in [-0.05, 0) is 69.4 Å². The molecule has 29 heteroatoms. The molecule has 1 spiro atoms. The maximum atomic E-state index is 14.4. The average Bonchev–Trinajstić information content (AvgIpc) is 1.65. The maximum Gasteiger partial charge on any atom is 0.329 e. The van der Waals surface area contributed by atoms with Crippen LogP contribution in [0.1, 0.15) is 126 Å². The van der Waals surface area contributed by atoms with E-state index in [1.807, 2.05) is 30.3 Å². The van der Waals surface area contributed by atoms with Crippen LogP contribution in [-0.2, 0) is 73.5 Å². The number of carbonyl (C=O) groups is 13. The number of nitrogens with two attached hydrogens (primary N) is 1. The van der Waals surface area contributed by atoms with Gasteiger partial charge in [0.05, 0.1) is 25.7 Å². The van der Waals surface area contributed by atoms with Crippen LogP contribution < -0.4 is 64.2 Å². The third-order valence-electron chi connectivity index (χ3n) is 16.4. The number of carboxylic acids is 1. The van der Waals surface area contributed by atoms with Crippen molar-refractivity contribution in [2.75, 3.05) is 20.3 Å². The van der Waals surface area contributed by atoms with E-state index in [4.69, 9.17) is 10.5 Å². The van der Waals surface area contributed by atoms with E-state index < -0.39 is 211 Å². The molecule has 1 aliphatic carbocycles. The molecule has 1 saturated heterocycles. The first-order chi connectivity index (χ1) is 41.0. The van der Waals surface area contributed by atoms with Crippen LogP contribution >= 0.6 is 0 Å². The summed E-state index contributed by atoms with van der Waals surface area (Å²) < 4.78 is 5.68. The number of nitrogens with one attached hydrogen (secondary N) is 11. The number of aliphatic carboxylic acids is 1. The van der Waals surface area contributed by atoms with Gasteiger partial charge in [0.2, 0.25) is 65.0 Å². The zero-order valence-electron chi connectivity index (χ0n) is 51.5. The molecule has 2 fully saturated rings. The molecule has 486 valence electrons.